The minimum Gasteiger partial charge on any atom is -0.465 e. The average molecular weight is 524 g/mol. The number of amides is 2. The molecule has 4 aromatic rings. The number of thiophene rings is 1. The summed E-state index contributed by atoms with van der Waals surface area (Å²) in [6.07, 6.45) is 0.574. The van der Waals surface area contributed by atoms with Crippen molar-refractivity contribution in [1.82, 2.24) is 14.7 Å². The summed E-state index contributed by atoms with van der Waals surface area (Å²) in [7, 11) is 1.61. The number of benzene rings is 2. The number of carbonyl (C=O) groups excluding carboxylic acids is 1. The lowest BCUT2D eigenvalue weighted by Crippen LogP contribution is -2.45. The molecule has 2 N–H and O–H groups in total. The molecule has 3 heterocycles. The summed E-state index contributed by atoms with van der Waals surface area (Å²) in [5.41, 5.74) is 3.32. The molecule has 8 nitrogen and oxygen atoms in total. The van der Waals surface area contributed by atoms with Crippen LogP contribution in [0.1, 0.15) is 28.2 Å². The molecule has 1 saturated heterocycles. The summed E-state index contributed by atoms with van der Waals surface area (Å²) in [4.78, 5) is 29.3. The summed E-state index contributed by atoms with van der Waals surface area (Å²) in [5.74, 6) is -0.198. The molecule has 5 rings (SSSR count). The number of para-hydroxylation sites is 1. The van der Waals surface area contributed by atoms with Gasteiger partial charge in [-0.25, -0.2) is 9.48 Å². The van der Waals surface area contributed by atoms with Gasteiger partial charge in [0, 0.05) is 37.3 Å². The number of hydrogen-bond donors (Lipinski definition) is 2. The maximum Gasteiger partial charge on any atom is 0.407 e. The molecule has 0 aliphatic carbocycles. The zero-order chi connectivity index (χ0) is 25.4. The summed E-state index contributed by atoms with van der Waals surface area (Å²) in [6.45, 7) is 3.37. The van der Waals surface area contributed by atoms with Crippen molar-refractivity contribution in [2.45, 2.75) is 25.8 Å². The number of carboxylic acid groups (broad SMARTS) is 1. The third-order valence-electron chi connectivity index (χ3n) is 6.63. The number of rotatable bonds is 5. The van der Waals surface area contributed by atoms with Gasteiger partial charge < -0.3 is 20.2 Å². The summed E-state index contributed by atoms with van der Waals surface area (Å²) in [5, 5.41) is 18.3. The van der Waals surface area contributed by atoms with Crippen molar-refractivity contribution >= 4 is 56.5 Å². The fourth-order valence-corrected chi connectivity index (χ4v) is 5.97. The van der Waals surface area contributed by atoms with Crippen LogP contribution >= 0.6 is 22.9 Å². The summed E-state index contributed by atoms with van der Waals surface area (Å²) in [6, 6.07) is 17.3. The predicted octanol–water partition coefficient (Wildman–Crippen LogP) is 5.88. The molecule has 1 aliphatic rings. The molecule has 10 heteroatoms. The Morgan fingerprint density at radius 2 is 1.86 bits per heavy atom. The second-order valence-corrected chi connectivity index (χ2v) is 10.3. The lowest BCUT2D eigenvalue weighted by Gasteiger charge is -2.37. The van der Waals surface area contributed by atoms with E-state index in [1.807, 2.05) is 60.1 Å². The number of aryl methyl sites for hydroxylation is 1. The smallest absolute Gasteiger partial charge is 0.407 e. The van der Waals surface area contributed by atoms with Crippen LogP contribution in [0, 0.1) is 6.92 Å². The van der Waals surface area contributed by atoms with Crippen molar-refractivity contribution in [1.29, 1.82) is 0 Å². The van der Waals surface area contributed by atoms with E-state index in [4.69, 9.17) is 11.6 Å². The van der Waals surface area contributed by atoms with E-state index in [0.717, 1.165) is 40.1 Å². The first kappa shape index (κ1) is 24.1. The predicted molar refractivity (Wildman–Crippen MR) is 144 cm³/mol. The first-order valence-electron chi connectivity index (χ1n) is 11.7. The van der Waals surface area contributed by atoms with Crippen LogP contribution in [-0.2, 0) is 0 Å². The van der Waals surface area contributed by atoms with Gasteiger partial charge in [-0.2, -0.15) is 5.10 Å². The van der Waals surface area contributed by atoms with Crippen molar-refractivity contribution in [3.05, 3.63) is 70.2 Å². The number of anilines is 2. The molecule has 0 spiro atoms. The van der Waals surface area contributed by atoms with Crippen LogP contribution in [0.15, 0.2) is 54.6 Å². The van der Waals surface area contributed by atoms with Crippen LogP contribution in [-0.4, -0.2) is 58.0 Å². The minimum atomic E-state index is -0.905. The van der Waals surface area contributed by atoms with Gasteiger partial charge in [0.2, 0.25) is 0 Å². The zero-order valence-electron chi connectivity index (χ0n) is 19.9. The number of nitrogens with zero attached hydrogens (tertiary/aromatic N) is 4. The highest BCUT2D eigenvalue weighted by molar-refractivity contribution is 7.20. The number of fused-ring (bicyclic) bond motifs is 1. The Kier molecular flexibility index (Phi) is 6.59. The monoisotopic (exact) mass is 523 g/mol. The van der Waals surface area contributed by atoms with E-state index >= 15 is 0 Å². The normalized spacial score (nSPS) is 14.2. The Balaban J connectivity index is 1.29. The molecule has 0 atom stereocenters. The van der Waals surface area contributed by atoms with Gasteiger partial charge >= 0.3 is 6.09 Å². The molecule has 0 radical (unpaired) electrons. The Bertz CT molecular complexity index is 1430. The van der Waals surface area contributed by atoms with Gasteiger partial charge in [-0.05, 0) is 56.2 Å². The molecule has 36 heavy (non-hydrogen) atoms. The molecule has 1 aliphatic heterocycles. The molecule has 2 amide bonds. The summed E-state index contributed by atoms with van der Waals surface area (Å²) >= 11 is 7.99. The van der Waals surface area contributed by atoms with E-state index in [-0.39, 0.29) is 11.9 Å². The van der Waals surface area contributed by atoms with Gasteiger partial charge in [0.1, 0.15) is 4.83 Å². The lowest BCUT2D eigenvalue weighted by molar-refractivity contribution is 0.103. The molecular weight excluding hydrogens is 498 g/mol. The van der Waals surface area contributed by atoms with E-state index in [1.54, 1.807) is 13.1 Å². The molecule has 0 saturated carbocycles. The highest BCUT2D eigenvalue weighted by Gasteiger charge is 2.26. The largest absolute Gasteiger partial charge is 0.465 e. The molecule has 0 bridgehead atoms. The number of piperidine rings is 1. The van der Waals surface area contributed by atoms with E-state index < -0.39 is 6.09 Å². The van der Waals surface area contributed by atoms with E-state index in [2.05, 4.69) is 15.3 Å². The quantitative estimate of drug-likeness (QED) is 0.341. The highest BCUT2D eigenvalue weighted by atomic mass is 35.5. The van der Waals surface area contributed by atoms with Crippen LogP contribution in [0.3, 0.4) is 0 Å². The van der Waals surface area contributed by atoms with E-state index in [1.165, 1.54) is 16.2 Å². The Morgan fingerprint density at radius 1 is 1.14 bits per heavy atom. The first-order valence-corrected chi connectivity index (χ1v) is 12.9. The van der Waals surface area contributed by atoms with Crippen LogP contribution in [0.25, 0.3) is 15.9 Å². The average Bonchev–Trinajstić information content (AvgIpc) is 3.45. The lowest BCUT2D eigenvalue weighted by atomic mass is 10.0. The second-order valence-electron chi connectivity index (χ2n) is 8.89. The van der Waals surface area contributed by atoms with Gasteiger partial charge in [-0.15, -0.1) is 11.3 Å². The van der Waals surface area contributed by atoms with Crippen LogP contribution < -0.4 is 10.2 Å². The maximum absolute atomic E-state index is 13.1. The third-order valence-corrected chi connectivity index (χ3v) is 8.04. The van der Waals surface area contributed by atoms with Gasteiger partial charge in [0.15, 0.2) is 0 Å². The van der Waals surface area contributed by atoms with Crippen molar-refractivity contribution in [2.24, 2.45) is 0 Å². The number of carbonyl (C=O) groups is 2. The fraction of sp³-hybridized carbons (Fsp3) is 0.269. The van der Waals surface area contributed by atoms with Crippen molar-refractivity contribution in [3.63, 3.8) is 0 Å². The first-order chi connectivity index (χ1) is 17.3. The van der Waals surface area contributed by atoms with Crippen LogP contribution in [0.2, 0.25) is 5.02 Å². The van der Waals surface area contributed by atoms with Gasteiger partial charge in [-0.1, -0.05) is 29.8 Å². The molecule has 0 unspecified atom stereocenters. The molecule has 186 valence electrons. The number of halogens is 1. The third kappa shape index (κ3) is 4.64. The highest BCUT2D eigenvalue weighted by Crippen LogP contribution is 2.33. The SMILES string of the molecule is Cc1nn(-c2ccccc2)c2sc(C(=O)Nc3ccc(N4CCC(N(C)C(=O)O)CC4)c(Cl)c3)cc12. The van der Waals surface area contributed by atoms with Crippen LogP contribution in [0.4, 0.5) is 16.2 Å². The van der Waals surface area contributed by atoms with E-state index in [0.29, 0.717) is 28.7 Å². The minimum absolute atomic E-state index is 0.00926. The topological polar surface area (TPSA) is 90.7 Å². The van der Waals surface area contributed by atoms with E-state index in [9.17, 15) is 14.7 Å². The van der Waals surface area contributed by atoms with Crippen molar-refractivity contribution in [2.75, 3.05) is 30.4 Å². The second kappa shape index (κ2) is 9.83. The van der Waals surface area contributed by atoms with Crippen molar-refractivity contribution in [3.8, 4) is 5.69 Å². The molecule has 2 aromatic heterocycles. The van der Waals surface area contributed by atoms with Crippen LogP contribution in [0.5, 0.6) is 0 Å². The summed E-state index contributed by atoms with van der Waals surface area (Å²) < 4.78 is 1.87. The number of nitrogens with one attached hydrogen (secondary N) is 1. The zero-order valence-corrected chi connectivity index (χ0v) is 21.5. The Labute approximate surface area is 217 Å². The molecule has 1 fully saturated rings. The molecule has 2 aromatic carbocycles. The van der Waals surface area contributed by atoms with Crippen molar-refractivity contribution < 1.29 is 14.7 Å². The fourth-order valence-electron chi connectivity index (χ4n) is 4.59. The Morgan fingerprint density at radius 3 is 2.53 bits per heavy atom. The number of hydrogen-bond acceptors (Lipinski definition) is 5. The number of aromatic nitrogens is 2. The molecular formula is C26H26ClN5O3S. The van der Waals surface area contributed by atoms with Gasteiger partial charge in [0.05, 0.1) is 27.0 Å². The van der Waals surface area contributed by atoms with Gasteiger partial charge in [0.25, 0.3) is 5.91 Å². The standard InChI is InChI=1S/C26H26ClN5O3S/c1-16-20-15-23(36-25(20)32(29-16)19-6-4-3-5-7-19)24(33)28-17-8-9-22(21(27)14-17)31-12-10-18(11-13-31)30(2)26(34)35/h3-9,14-15,18H,10-13H2,1-2H3,(H,28,33)(H,34,35). The maximum atomic E-state index is 13.1. The van der Waals surface area contributed by atoms with Gasteiger partial charge in [-0.3, -0.25) is 4.79 Å². The Hall–Kier alpha value is -3.56.